The molecule has 4 aliphatic carbocycles. The second kappa shape index (κ2) is 5.58. The zero-order valence-corrected chi connectivity index (χ0v) is 13.7. The minimum Gasteiger partial charge on any atom is -0.501 e. The summed E-state index contributed by atoms with van der Waals surface area (Å²) in [7, 11) is 1.82. The maximum Gasteiger partial charge on any atom is 0.0958 e. The molecule has 0 saturated heterocycles. The Morgan fingerprint density at radius 1 is 1.18 bits per heavy atom. The Morgan fingerprint density at radius 3 is 2.77 bits per heavy atom. The van der Waals surface area contributed by atoms with Gasteiger partial charge in [-0.25, -0.2) is 0 Å². The molecule has 0 aromatic carbocycles. The van der Waals surface area contributed by atoms with Crippen molar-refractivity contribution in [3.63, 3.8) is 0 Å². The van der Waals surface area contributed by atoms with Crippen LogP contribution in [0.25, 0.3) is 0 Å². The van der Waals surface area contributed by atoms with Gasteiger partial charge in [0, 0.05) is 6.42 Å². The molecular weight excluding hydrogens is 268 g/mol. The highest BCUT2D eigenvalue weighted by atomic mass is 16.5. The predicted molar refractivity (Wildman–Crippen MR) is 93.5 cm³/mol. The van der Waals surface area contributed by atoms with Crippen LogP contribution in [0, 0.1) is 23.2 Å². The van der Waals surface area contributed by atoms with Gasteiger partial charge in [-0.15, -0.1) is 0 Å². The van der Waals surface area contributed by atoms with Crippen LogP contribution in [-0.4, -0.2) is 7.11 Å². The summed E-state index contributed by atoms with van der Waals surface area (Å²) in [4.78, 5) is 0. The van der Waals surface area contributed by atoms with Crippen molar-refractivity contribution in [1.29, 1.82) is 0 Å². The lowest BCUT2D eigenvalue weighted by Gasteiger charge is -2.52. The van der Waals surface area contributed by atoms with E-state index in [9.17, 15) is 0 Å². The molecule has 3 unspecified atom stereocenters. The van der Waals surface area contributed by atoms with E-state index in [1.807, 2.05) is 12.7 Å². The quantitative estimate of drug-likeness (QED) is 0.537. The molecule has 0 aromatic heterocycles. The zero-order valence-electron chi connectivity index (χ0n) is 13.7. The summed E-state index contributed by atoms with van der Waals surface area (Å²) in [5.41, 5.74) is 5.56. The predicted octanol–water partition coefficient (Wildman–Crippen LogP) is 6.04. The lowest BCUT2D eigenvalue weighted by molar-refractivity contribution is 0.0655. The van der Waals surface area contributed by atoms with Crippen molar-refractivity contribution in [2.24, 2.45) is 23.2 Å². The van der Waals surface area contributed by atoms with Crippen LogP contribution in [0.4, 0.5) is 0 Å². The van der Waals surface area contributed by atoms with Crippen molar-refractivity contribution in [3.8, 4) is 0 Å². The highest BCUT2D eigenvalue weighted by molar-refractivity contribution is 5.37. The van der Waals surface area contributed by atoms with Gasteiger partial charge in [0.2, 0.25) is 0 Å². The molecule has 1 fully saturated rings. The molecule has 4 rings (SSSR count). The van der Waals surface area contributed by atoms with Gasteiger partial charge in [-0.3, -0.25) is 0 Å². The van der Waals surface area contributed by atoms with E-state index in [2.05, 4.69) is 26.0 Å². The molecular formula is C21H32O. The topological polar surface area (TPSA) is 9.23 Å². The monoisotopic (exact) mass is 300 g/mol. The second-order valence-corrected chi connectivity index (χ2v) is 7.89. The Bertz CT molecular complexity index is 550. The first-order chi connectivity index (χ1) is 10.1. The van der Waals surface area contributed by atoms with Gasteiger partial charge in [0.25, 0.3) is 0 Å². The van der Waals surface area contributed by atoms with Crippen LogP contribution < -0.4 is 0 Å². The summed E-state index contributed by atoms with van der Waals surface area (Å²) >= 11 is 0. The van der Waals surface area contributed by atoms with Crippen molar-refractivity contribution < 1.29 is 4.74 Å². The fourth-order valence-corrected chi connectivity index (χ4v) is 5.87. The van der Waals surface area contributed by atoms with Gasteiger partial charge >= 0.3 is 0 Å². The highest BCUT2D eigenvalue weighted by Gasteiger charge is 2.50. The Labute approximate surface area is 136 Å². The molecule has 1 saturated carbocycles. The molecule has 122 valence electrons. The fourth-order valence-electron chi connectivity index (χ4n) is 5.87. The number of hydrogen-bond acceptors (Lipinski definition) is 1. The molecule has 0 aromatic rings. The number of methoxy groups -OCH3 is 1. The van der Waals surface area contributed by atoms with Gasteiger partial charge < -0.3 is 4.74 Å². The molecule has 1 nitrogen and oxygen atoms in total. The van der Waals surface area contributed by atoms with Gasteiger partial charge in [0.15, 0.2) is 0 Å². The van der Waals surface area contributed by atoms with Gasteiger partial charge in [0.1, 0.15) is 0 Å². The van der Waals surface area contributed by atoms with E-state index in [1.54, 1.807) is 11.1 Å². The summed E-state index contributed by atoms with van der Waals surface area (Å²) < 4.78 is 5.52. The minimum atomic E-state index is 0. The van der Waals surface area contributed by atoms with E-state index in [-0.39, 0.29) is 7.43 Å². The van der Waals surface area contributed by atoms with Crippen molar-refractivity contribution in [1.82, 2.24) is 0 Å². The fraction of sp³-hybridized carbons (Fsp3) is 0.714. The molecule has 0 heterocycles. The Kier molecular flexibility index (Phi) is 4.03. The summed E-state index contributed by atoms with van der Waals surface area (Å²) in [5, 5.41) is 0. The number of hydrogen-bond donors (Lipinski definition) is 0. The first-order valence-corrected chi connectivity index (χ1v) is 8.77. The van der Waals surface area contributed by atoms with E-state index in [1.165, 1.54) is 44.3 Å². The van der Waals surface area contributed by atoms with Crippen molar-refractivity contribution in [2.45, 2.75) is 66.2 Å². The van der Waals surface area contributed by atoms with Crippen molar-refractivity contribution in [3.05, 3.63) is 34.6 Å². The van der Waals surface area contributed by atoms with Crippen LogP contribution in [0.5, 0.6) is 0 Å². The molecule has 0 radical (unpaired) electrons. The number of rotatable bonds is 1. The Balaban J connectivity index is 0.00000144. The summed E-state index contributed by atoms with van der Waals surface area (Å²) in [6.45, 7) is 4.92. The maximum absolute atomic E-state index is 5.52. The summed E-state index contributed by atoms with van der Waals surface area (Å²) in [5.74, 6) is 3.90. The highest BCUT2D eigenvalue weighted by Crippen LogP contribution is 2.60. The third kappa shape index (κ3) is 2.12. The lowest BCUT2D eigenvalue weighted by Crippen LogP contribution is -2.43. The maximum atomic E-state index is 5.52. The van der Waals surface area contributed by atoms with E-state index in [4.69, 9.17) is 4.74 Å². The minimum absolute atomic E-state index is 0. The zero-order chi connectivity index (χ0) is 14.6. The van der Waals surface area contributed by atoms with Crippen LogP contribution in [-0.2, 0) is 4.74 Å². The molecule has 4 aliphatic rings. The van der Waals surface area contributed by atoms with Crippen molar-refractivity contribution in [2.75, 3.05) is 7.11 Å². The average molecular weight is 300 g/mol. The SMILES string of the molecule is C.COC1=CC2=CCC3C4CCC(C)=C4CCC3[C@@]2(C)CC1. The first-order valence-electron chi connectivity index (χ1n) is 8.77. The summed E-state index contributed by atoms with van der Waals surface area (Å²) in [6, 6.07) is 0. The van der Waals surface area contributed by atoms with E-state index in [0.29, 0.717) is 5.41 Å². The van der Waals surface area contributed by atoms with E-state index >= 15 is 0 Å². The molecule has 0 amide bonds. The van der Waals surface area contributed by atoms with Crippen LogP contribution in [0.2, 0.25) is 0 Å². The smallest absolute Gasteiger partial charge is 0.0958 e. The first kappa shape index (κ1) is 15.9. The Hall–Kier alpha value is -0.980. The van der Waals surface area contributed by atoms with Gasteiger partial charge in [0.05, 0.1) is 12.9 Å². The van der Waals surface area contributed by atoms with Crippen LogP contribution in [0.15, 0.2) is 34.6 Å². The van der Waals surface area contributed by atoms with E-state index in [0.717, 1.165) is 24.2 Å². The number of fused-ring (bicyclic) bond motifs is 5. The molecule has 1 heteroatoms. The standard InChI is InChI=1S/C20H28O.CH4/c1-13-4-6-17-16(13)8-9-19-18(17)7-5-14-12-15(21-3)10-11-20(14,19)2;/h5,12,17-19H,4,6-11H2,1-3H3;1H4/t17?,18?,19?,20-;/m0./s1. The van der Waals surface area contributed by atoms with E-state index < -0.39 is 0 Å². The molecule has 0 N–H and O–H groups in total. The molecule has 0 spiro atoms. The number of ether oxygens (including phenoxy) is 1. The van der Waals surface area contributed by atoms with Crippen LogP contribution in [0.3, 0.4) is 0 Å². The lowest BCUT2D eigenvalue weighted by atomic mass is 9.52. The molecule has 4 atom stereocenters. The third-order valence-corrected chi connectivity index (χ3v) is 7.14. The molecule has 0 aliphatic heterocycles. The van der Waals surface area contributed by atoms with Gasteiger partial charge in [-0.2, -0.15) is 0 Å². The van der Waals surface area contributed by atoms with Gasteiger partial charge in [-0.1, -0.05) is 31.6 Å². The molecule has 0 bridgehead atoms. The van der Waals surface area contributed by atoms with Crippen LogP contribution in [0.1, 0.15) is 66.2 Å². The van der Waals surface area contributed by atoms with Crippen LogP contribution >= 0.6 is 0 Å². The number of allylic oxidation sites excluding steroid dienone is 6. The largest absolute Gasteiger partial charge is 0.501 e. The molecule has 22 heavy (non-hydrogen) atoms. The van der Waals surface area contributed by atoms with Crippen molar-refractivity contribution >= 4 is 0 Å². The normalized spacial score (nSPS) is 39.9. The average Bonchev–Trinajstić information content (AvgIpc) is 2.88. The van der Waals surface area contributed by atoms with Gasteiger partial charge in [-0.05, 0) is 80.3 Å². The second-order valence-electron chi connectivity index (χ2n) is 7.89. The third-order valence-electron chi connectivity index (χ3n) is 7.14. The summed E-state index contributed by atoms with van der Waals surface area (Å²) in [6.07, 6.45) is 14.2. The Morgan fingerprint density at radius 2 is 2.00 bits per heavy atom.